The molecule has 2 rings (SSSR count). The van der Waals surface area contributed by atoms with Crippen LogP contribution in [0.3, 0.4) is 0 Å². The highest BCUT2D eigenvalue weighted by Crippen LogP contribution is 2.44. The van der Waals surface area contributed by atoms with Crippen LogP contribution in [0.2, 0.25) is 0 Å². The van der Waals surface area contributed by atoms with Gasteiger partial charge in [0.05, 0.1) is 6.42 Å². The third-order valence-corrected chi connectivity index (χ3v) is 5.17. The van der Waals surface area contributed by atoms with E-state index in [-0.39, 0.29) is 18.6 Å². The number of ketones is 1. The van der Waals surface area contributed by atoms with Crippen LogP contribution in [0.4, 0.5) is 0 Å². The molecule has 0 saturated carbocycles. The van der Waals surface area contributed by atoms with Crippen molar-refractivity contribution in [1.29, 1.82) is 0 Å². The number of ether oxygens (including phenoxy) is 2. The predicted octanol–water partition coefficient (Wildman–Crippen LogP) is 3.74. The summed E-state index contributed by atoms with van der Waals surface area (Å²) in [5.41, 5.74) is 2.60. The van der Waals surface area contributed by atoms with Gasteiger partial charge >= 0.3 is 5.97 Å². The number of fused-ring (bicyclic) bond motifs is 1. The zero-order chi connectivity index (χ0) is 18.9. The number of carbonyl (C=O) groups is 3. The van der Waals surface area contributed by atoms with E-state index in [2.05, 4.69) is 0 Å². The molecular formula is C19H23ClO5. The second-order valence-electron chi connectivity index (χ2n) is 6.73. The van der Waals surface area contributed by atoms with Crippen LogP contribution in [0.5, 0.6) is 11.5 Å². The van der Waals surface area contributed by atoms with Crippen LogP contribution >= 0.6 is 11.6 Å². The number of hydrogen-bond donors (Lipinski definition) is 0. The highest BCUT2D eigenvalue weighted by Gasteiger charge is 2.38. The summed E-state index contributed by atoms with van der Waals surface area (Å²) in [5, 5.41) is -0.566. The van der Waals surface area contributed by atoms with Gasteiger partial charge < -0.3 is 9.47 Å². The fraction of sp³-hybridized carbons (Fsp3) is 0.526. The van der Waals surface area contributed by atoms with E-state index < -0.39 is 16.8 Å². The summed E-state index contributed by atoms with van der Waals surface area (Å²) in [5.74, 6) is 0.701. The number of rotatable bonds is 5. The van der Waals surface area contributed by atoms with Gasteiger partial charge in [-0.2, -0.15) is 0 Å². The number of carbonyl (C=O) groups excluding carboxylic acids is 3. The maximum absolute atomic E-state index is 12.0. The molecular weight excluding hydrogens is 344 g/mol. The van der Waals surface area contributed by atoms with E-state index in [0.29, 0.717) is 24.3 Å². The summed E-state index contributed by atoms with van der Waals surface area (Å²) < 4.78 is 11.6. The molecule has 1 aliphatic heterocycles. The first kappa shape index (κ1) is 19.4. The van der Waals surface area contributed by atoms with Crippen LogP contribution in [0.25, 0.3) is 0 Å². The van der Waals surface area contributed by atoms with E-state index in [1.165, 1.54) is 6.92 Å². The Morgan fingerprint density at radius 3 is 2.32 bits per heavy atom. The van der Waals surface area contributed by atoms with E-state index in [9.17, 15) is 14.4 Å². The first-order valence-corrected chi connectivity index (χ1v) is 8.66. The lowest BCUT2D eigenvalue weighted by Crippen LogP contribution is -2.43. The molecule has 0 unspecified atom stereocenters. The molecule has 0 aliphatic carbocycles. The molecule has 136 valence electrons. The number of hydrogen-bond acceptors (Lipinski definition) is 5. The Bertz CT molecular complexity index is 753. The van der Waals surface area contributed by atoms with Crippen molar-refractivity contribution in [3.05, 3.63) is 22.3 Å². The fourth-order valence-corrected chi connectivity index (χ4v) is 3.10. The smallest absolute Gasteiger partial charge is 0.311 e. The van der Waals surface area contributed by atoms with Crippen molar-refractivity contribution in [2.45, 2.75) is 65.9 Å². The Hall–Kier alpha value is -1.88. The molecule has 1 aliphatic rings. The molecule has 6 heteroatoms. The molecule has 0 amide bonds. The minimum absolute atomic E-state index is 0.00546. The molecule has 0 bridgehead atoms. The first-order chi connectivity index (χ1) is 11.6. The summed E-state index contributed by atoms with van der Waals surface area (Å²) in [6.07, 6.45) is 1.13. The molecule has 1 atom stereocenters. The van der Waals surface area contributed by atoms with E-state index in [0.717, 1.165) is 22.3 Å². The maximum atomic E-state index is 12.0. The molecule has 5 nitrogen and oxygen atoms in total. The van der Waals surface area contributed by atoms with Gasteiger partial charge in [0.2, 0.25) is 5.24 Å². The van der Waals surface area contributed by atoms with Crippen molar-refractivity contribution in [2.75, 3.05) is 0 Å². The highest BCUT2D eigenvalue weighted by atomic mass is 35.5. The largest absolute Gasteiger partial charge is 0.479 e. The molecule has 0 spiro atoms. The SMILES string of the molecule is CC(=O)[C@]1(C)CCc2c(C)c(OC(=O)CCC(=O)Cl)c(C)c(C)c2O1. The lowest BCUT2D eigenvalue weighted by molar-refractivity contribution is -0.135. The van der Waals surface area contributed by atoms with Gasteiger partial charge in [0.1, 0.15) is 11.5 Å². The van der Waals surface area contributed by atoms with Gasteiger partial charge in [-0.3, -0.25) is 14.4 Å². The zero-order valence-corrected chi connectivity index (χ0v) is 16.0. The first-order valence-electron chi connectivity index (χ1n) is 8.28. The van der Waals surface area contributed by atoms with E-state index in [4.69, 9.17) is 21.1 Å². The Labute approximate surface area is 152 Å². The van der Waals surface area contributed by atoms with Crippen molar-refractivity contribution in [1.82, 2.24) is 0 Å². The topological polar surface area (TPSA) is 69.7 Å². The zero-order valence-electron chi connectivity index (χ0n) is 15.2. The summed E-state index contributed by atoms with van der Waals surface area (Å²) in [6.45, 7) is 8.95. The average molecular weight is 367 g/mol. The minimum atomic E-state index is -0.824. The van der Waals surface area contributed by atoms with E-state index in [1.54, 1.807) is 6.92 Å². The van der Waals surface area contributed by atoms with Crippen molar-refractivity contribution >= 4 is 28.6 Å². The number of halogens is 1. The second kappa shape index (κ2) is 7.16. The van der Waals surface area contributed by atoms with Crippen LogP contribution in [-0.2, 0) is 20.8 Å². The number of Topliss-reactive ketones (excluding diaryl/α,β-unsaturated/α-hetero) is 1. The van der Waals surface area contributed by atoms with E-state index >= 15 is 0 Å². The molecule has 1 aromatic carbocycles. The molecule has 0 N–H and O–H groups in total. The van der Waals surface area contributed by atoms with Gasteiger partial charge in [-0.1, -0.05) is 0 Å². The van der Waals surface area contributed by atoms with Crippen LogP contribution in [0.1, 0.15) is 55.4 Å². The molecule has 0 fully saturated rings. The third-order valence-electron chi connectivity index (χ3n) is 4.98. The Morgan fingerprint density at radius 1 is 1.12 bits per heavy atom. The highest BCUT2D eigenvalue weighted by molar-refractivity contribution is 6.63. The Balaban J connectivity index is 2.38. The number of esters is 1. The summed E-state index contributed by atoms with van der Waals surface area (Å²) in [6, 6.07) is 0. The fourth-order valence-electron chi connectivity index (χ4n) is 3.00. The van der Waals surface area contributed by atoms with Gasteiger partial charge in [0.15, 0.2) is 11.4 Å². The molecule has 1 aromatic rings. The quantitative estimate of drug-likeness (QED) is 0.451. The van der Waals surface area contributed by atoms with Crippen LogP contribution in [0.15, 0.2) is 0 Å². The van der Waals surface area contributed by atoms with Crippen molar-refractivity contribution in [2.24, 2.45) is 0 Å². The lowest BCUT2D eigenvalue weighted by Gasteiger charge is -2.36. The second-order valence-corrected chi connectivity index (χ2v) is 7.15. The Morgan fingerprint density at radius 2 is 1.76 bits per heavy atom. The predicted molar refractivity (Wildman–Crippen MR) is 94.4 cm³/mol. The molecule has 25 heavy (non-hydrogen) atoms. The minimum Gasteiger partial charge on any atom is -0.479 e. The molecule has 0 aromatic heterocycles. The normalized spacial score (nSPS) is 19.0. The summed E-state index contributed by atoms with van der Waals surface area (Å²) in [4.78, 5) is 34.7. The summed E-state index contributed by atoms with van der Waals surface area (Å²) in [7, 11) is 0. The lowest BCUT2D eigenvalue weighted by atomic mass is 9.85. The standard InChI is InChI=1S/C19H23ClO5/c1-10-11(2)18-14(8-9-19(5,25-18)13(4)21)12(3)17(10)24-16(23)7-6-15(20)22/h6-9H2,1-5H3/t19-/m0/s1. The van der Waals surface area contributed by atoms with Gasteiger partial charge in [-0.05, 0) is 75.8 Å². The third kappa shape index (κ3) is 3.87. The molecule has 0 radical (unpaired) electrons. The van der Waals surface area contributed by atoms with Gasteiger partial charge in [0, 0.05) is 12.0 Å². The average Bonchev–Trinajstić information content (AvgIpc) is 2.54. The van der Waals surface area contributed by atoms with Crippen LogP contribution in [0, 0.1) is 20.8 Å². The van der Waals surface area contributed by atoms with Crippen LogP contribution in [-0.4, -0.2) is 22.6 Å². The van der Waals surface area contributed by atoms with Gasteiger partial charge in [-0.15, -0.1) is 0 Å². The Kier molecular flexibility index (Phi) is 5.57. The summed E-state index contributed by atoms with van der Waals surface area (Å²) >= 11 is 5.27. The number of benzene rings is 1. The van der Waals surface area contributed by atoms with Crippen molar-refractivity contribution < 1.29 is 23.9 Å². The van der Waals surface area contributed by atoms with Crippen molar-refractivity contribution in [3.8, 4) is 11.5 Å². The van der Waals surface area contributed by atoms with Crippen LogP contribution < -0.4 is 9.47 Å². The van der Waals surface area contributed by atoms with Gasteiger partial charge in [-0.25, -0.2) is 0 Å². The molecule has 1 heterocycles. The van der Waals surface area contributed by atoms with Crippen molar-refractivity contribution in [3.63, 3.8) is 0 Å². The molecule has 0 saturated heterocycles. The monoisotopic (exact) mass is 366 g/mol. The maximum Gasteiger partial charge on any atom is 0.311 e. The van der Waals surface area contributed by atoms with E-state index in [1.807, 2.05) is 20.8 Å². The van der Waals surface area contributed by atoms with Gasteiger partial charge in [0.25, 0.3) is 0 Å².